The van der Waals surface area contributed by atoms with Gasteiger partial charge in [0.1, 0.15) is 5.84 Å². The highest BCUT2D eigenvalue weighted by atomic mass is 15.3. The summed E-state index contributed by atoms with van der Waals surface area (Å²) in [6.45, 7) is 11.9. The van der Waals surface area contributed by atoms with E-state index in [4.69, 9.17) is 11.1 Å². The van der Waals surface area contributed by atoms with Crippen LogP contribution in [0.2, 0.25) is 0 Å². The summed E-state index contributed by atoms with van der Waals surface area (Å²) in [5.74, 6) is 1.30. The minimum absolute atomic E-state index is 0.0581. The Morgan fingerprint density at radius 2 is 1.94 bits per heavy atom. The van der Waals surface area contributed by atoms with E-state index in [1.807, 2.05) is 13.8 Å². The molecule has 0 unspecified atom stereocenters. The number of amidine groups is 1. The number of anilines is 1. The SMILES string of the molecule is CCN(CC(C)C)c1nnc(C)c(C)c1C(=N)N. The maximum atomic E-state index is 7.75. The molecule has 0 atom stereocenters. The van der Waals surface area contributed by atoms with Gasteiger partial charge in [-0.3, -0.25) is 5.41 Å². The molecule has 0 bridgehead atoms. The van der Waals surface area contributed by atoms with Gasteiger partial charge in [-0.05, 0) is 32.3 Å². The van der Waals surface area contributed by atoms with Gasteiger partial charge in [0.25, 0.3) is 0 Å². The lowest BCUT2D eigenvalue weighted by molar-refractivity contribution is 0.611. The van der Waals surface area contributed by atoms with Crippen molar-refractivity contribution in [1.82, 2.24) is 10.2 Å². The molecule has 1 heterocycles. The third-order valence-corrected chi connectivity index (χ3v) is 2.97. The first kappa shape index (κ1) is 14.4. The molecular formula is C13H23N5. The van der Waals surface area contributed by atoms with Crippen LogP contribution in [-0.2, 0) is 0 Å². The number of nitrogens with two attached hydrogens (primary N) is 1. The van der Waals surface area contributed by atoms with Gasteiger partial charge in [0.15, 0.2) is 5.82 Å². The van der Waals surface area contributed by atoms with Crippen LogP contribution >= 0.6 is 0 Å². The summed E-state index contributed by atoms with van der Waals surface area (Å²) < 4.78 is 0. The molecule has 100 valence electrons. The van der Waals surface area contributed by atoms with E-state index in [1.54, 1.807) is 0 Å². The topological polar surface area (TPSA) is 78.9 Å². The minimum atomic E-state index is 0.0581. The first-order valence-corrected chi connectivity index (χ1v) is 6.31. The number of nitrogens with one attached hydrogen (secondary N) is 1. The molecule has 5 heteroatoms. The Morgan fingerprint density at radius 3 is 2.39 bits per heavy atom. The molecule has 1 aromatic heterocycles. The molecule has 1 rings (SSSR count). The van der Waals surface area contributed by atoms with Gasteiger partial charge in [0, 0.05) is 13.1 Å². The lowest BCUT2D eigenvalue weighted by Crippen LogP contribution is -2.31. The number of hydrogen-bond donors (Lipinski definition) is 2. The molecule has 18 heavy (non-hydrogen) atoms. The summed E-state index contributed by atoms with van der Waals surface area (Å²) in [7, 11) is 0. The molecule has 1 aromatic rings. The summed E-state index contributed by atoms with van der Waals surface area (Å²) in [4.78, 5) is 2.13. The summed E-state index contributed by atoms with van der Waals surface area (Å²) in [6, 6.07) is 0. The Hall–Kier alpha value is -1.65. The summed E-state index contributed by atoms with van der Waals surface area (Å²) in [5, 5.41) is 16.1. The monoisotopic (exact) mass is 249 g/mol. The van der Waals surface area contributed by atoms with Crippen molar-refractivity contribution in [2.75, 3.05) is 18.0 Å². The Kier molecular flexibility index (Phi) is 4.64. The number of nitrogens with zero attached hydrogens (tertiary/aromatic N) is 3. The standard InChI is InChI=1S/C13H23N5/c1-6-18(7-8(2)3)13-11(12(14)15)9(4)10(5)16-17-13/h8H,6-7H2,1-5H3,(H3,14,15). The molecule has 0 spiro atoms. The quantitative estimate of drug-likeness (QED) is 0.616. The molecular weight excluding hydrogens is 226 g/mol. The third kappa shape index (κ3) is 2.97. The molecule has 3 N–H and O–H groups in total. The van der Waals surface area contributed by atoms with E-state index in [-0.39, 0.29) is 5.84 Å². The van der Waals surface area contributed by atoms with E-state index in [2.05, 4.69) is 35.9 Å². The zero-order valence-electron chi connectivity index (χ0n) is 11.9. The first-order chi connectivity index (χ1) is 8.38. The van der Waals surface area contributed by atoms with Gasteiger partial charge in [-0.25, -0.2) is 0 Å². The van der Waals surface area contributed by atoms with Gasteiger partial charge in [0.05, 0.1) is 11.3 Å². The second-order valence-corrected chi connectivity index (χ2v) is 4.96. The largest absolute Gasteiger partial charge is 0.384 e. The lowest BCUT2D eigenvalue weighted by atomic mass is 10.1. The van der Waals surface area contributed by atoms with E-state index >= 15 is 0 Å². The van der Waals surface area contributed by atoms with Crippen molar-refractivity contribution in [3.63, 3.8) is 0 Å². The normalized spacial score (nSPS) is 10.8. The Bertz CT molecular complexity index is 439. The molecule has 0 saturated carbocycles. The molecule has 0 saturated heterocycles. The molecule has 0 fully saturated rings. The molecule has 0 amide bonds. The molecule has 5 nitrogen and oxygen atoms in total. The molecule has 0 aliphatic rings. The van der Waals surface area contributed by atoms with Crippen molar-refractivity contribution in [2.45, 2.75) is 34.6 Å². The number of rotatable bonds is 5. The van der Waals surface area contributed by atoms with E-state index in [0.717, 1.165) is 30.2 Å². The van der Waals surface area contributed by atoms with Crippen molar-refractivity contribution in [1.29, 1.82) is 5.41 Å². The maximum absolute atomic E-state index is 7.75. The summed E-state index contributed by atoms with van der Waals surface area (Å²) in [6.07, 6.45) is 0. The van der Waals surface area contributed by atoms with Crippen LogP contribution in [0.25, 0.3) is 0 Å². The van der Waals surface area contributed by atoms with Crippen molar-refractivity contribution in [2.24, 2.45) is 11.7 Å². The van der Waals surface area contributed by atoms with Crippen LogP contribution in [-0.4, -0.2) is 29.1 Å². The summed E-state index contributed by atoms with van der Waals surface area (Å²) >= 11 is 0. The highest BCUT2D eigenvalue weighted by Gasteiger charge is 2.18. The van der Waals surface area contributed by atoms with Gasteiger partial charge >= 0.3 is 0 Å². The van der Waals surface area contributed by atoms with Crippen molar-refractivity contribution >= 4 is 11.7 Å². The van der Waals surface area contributed by atoms with Crippen LogP contribution in [0.4, 0.5) is 5.82 Å². The fourth-order valence-corrected chi connectivity index (χ4v) is 1.95. The fourth-order valence-electron chi connectivity index (χ4n) is 1.95. The predicted molar refractivity (Wildman–Crippen MR) is 75.2 cm³/mol. The van der Waals surface area contributed by atoms with Gasteiger partial charge in [-0.2, -0.15) is 5.10 Å². The number of hydrogen-bond acceptors (Lipinski definition) is 4. The van der Waals surface area contributed by atoms with Gasteiger partial charge in [-0.1, -0.05) is 13.8 Å². The average molecular weight is 249 g/mol. The maximum Gasteiger partial charge on any atom is 0.162 e. The van der Waals surface area contributed by atoms with E-state index in [0.29, 0.717) is 11.5 Å². The molecule has 0 aromatic carbocycles. The summed E-state index contributed by atoms with van der Waals surface area (Å²) in [5.41, 5.74) is 8.17. The smallest absolute Gasteiger partial charge is 0.162 e. The van der Waals surface area contributed by atoms with Gasteiger partial charge < -0.3 is 10.6 Å². The second-order valence-electron chi connectivity index (χ2n) is 4.96. The van der Waals surface area contributed by atoms with Gasteiger partial charge in [0.2, 0.25) is 0 Å². The molecule has 0 aliphatic carbocycles. The van der Waals surface area contributed by atoms with Crippen LogP contribution in [0.3, 0.4) is 0 Å². The third-order valence-electron chi connectivity index (χ3n) is 2.97. The van der Waals surface area contributed by atoms with Crippen molar-refractivity contribution in [3.8, 4) is 0 Å². The number of nitrogen functional groups attached to an aromatic ring is 1. The van der Waals surface area contributed by atoms with Crippen LogP contribution in [0.15, 0.2) is 0 Å². The van der Waals surface area contributed by atoms with E-state index in [9.17, 15) is 0 Å². The second kappa shape index (κ2) is 5.80. The zero-order valence-corrected chi connectivity index (χ0v) is 11.9. The Labute approximate surface area is 109 Å². The average Bonchev–Trinajstić information content (AvgIpc) is 2.28. The van der Waals surface area contributed by atoms with Crippen LogP contribution in [0, 0.1) is 25.2 Å². The predicted octanol–water partition coefficient (Wildman–Crippen LogP) is 1.86. The Balaban J connectivity index is 3.30. The van der Waals surface area contributed by atoms with Crippen LogP contribution < -0.4 is 10.6 Å². The van der Waals surface area contributed by atoms with E-state index < -0.39 is 0 Å². The highest BCUT2D eigenvalue weighted by molar-refractivity contribution is 6.01. The van der Waals surface area contributed by atoms with Crippen molar-refractivity contribution in [3.05, 3.63) is 16.8 Å². The molecule has 0 radical (unpaired) electrons. The Morgan fingerprint density at radius 1 is 1.33 bits per heavy atom. The lowest BCUT2D eigenvalue weighted by Gasteiger charge is -2.26. The van der Waals surface area contributed by atoms with Crippen molar-refractivity contribution < 1.29 is 0 Å². The zero-order chi connectivity index (χ0) is 13.9. The minimum Gasteiger partial charge on any atom is -0.384 e. The number of aryl methyl sites for hydroxylation is 1. The van der Waals surface area contributed by atoms with E-state index in [1.165, 1.54) is 0 Å². The van der Waals surface area contributed by atoms with Gasteiger partial charge in [-0.15, -0.1) is 5.10 Å². The first-order valence-electron chi connectivity index (χ1n) is 6.31. The number of aromatic nitrogens is 2. The molecule has 0 aliphatic heterocycles. The van der Waals surface area contributed by atoms with Crippen LogP contribution in [0.5, 0.6) is 0 Å². The fraction of sp³-hybridized carbons (Fsp3) is 0.615. The highest BCUT2D eigenvalue weighted by Crippen LogP contribution is 2.22. The van der Waals surface area contributed by atoms with Crippen LogP contribution in [0.1, 0.15) is 37.6 Å².